The molecule has 1 atom stereocenters. The molecule has 3 heterocycles. The van der Waals surface area contributed by atoms with Crippen molar-refractivity contribution in [3.63, 3.8) is 0 Å². The third-order valence-corrected chi connectivity index (χ3v) is 6.98. The van der Waals surface area contributed by atoms with Gasteiger partial charge in [0.25, 0.3) is 0 Å². The summed E-state index contributed by atoms with van der Waals surface area (Å²) in [4.78, 5) is 34.1. The first-order valence-corrected chi connectivity index (χ1v) is 12.5. The summed E-state index contributed by atoms with van der Waals surface area (Å²) < 4.78 is 19.0. The van der Waals surface area contributed by atoms with Crippen molar-refractivity contribution in [1.29, 1.82) is 0 Å². The molecule has 186 valence electrons. The van der Waals surface area contributed by atoms with Crippen LogP contribution in [-0.2, 0) is 9.59 Å². The van der Waals surface area contributed by atoms with Gasteiger partial charge in [-0.1, -0.05) is 47.6 Å². The molecule has 3 aromatic rings. The van der Waals surface area contributed by atoms with Crippen molar-refractivity contribution in [2.75, 3.05) is 26.2 Å². The molecule has 0 aliphatic carbocycles. The van der Waals surface area contributed by atoms with Crippen LogP contribution >= 0.6 is 0 Å². The topological polar surface area (TPSA) is 79.5 Å². The zero-order valence-corrected chi connectivity index (χ0v) is 20.1. The van der Waals surface area contributed by atoms with Crippen LogP contribution in [0.2, 0.25) is 0 Å². The molecule has 8 heteroatoms. The van der Waals surface area contributed by atoms with E-state index in [0.29, 0.717) is 56.3 Å². The number of halogens is 1. The maximum absolute atomic E-state index is 13.6. The van der Waals surface area contributed by atoms with Gasteiger partial charge < -0.3 is 14.3 Å². The molecule has 2 fully saturated rings. The van der Waals surface area contributed by atoms with Gasteiger partial charge in [0.2, 0.25) is 23.5 Å². The maximum Gasteiger partial charge on any atom is 0.246 e. The van der Waals surface area contributed by atoms with Gasteiger partial charge in [-0.25, -0.2) is 4.39 Å². The predicted molar refractivity (Wildman–Crippen MR) is 133 cm³/mol. The quantitative estimate of drug-likeness (QED) is 0.493. The Morgan fingerprint density at radius 2 is 1.78 bits per heavy atom. The molecule has 0 N–H and O–H groups in total. The fourth-order valence-electron chi connectivity index (χ4n) is 4.97. The number of aromatic nitrogens is 2. The lowest BCUT2D eigenvalue weighted by atomic mass is 9.92. The Kier molecular flexibility index (Phi) is 7.21. The third kappa shape index (κ3) is 5.53. The van der Waals surface area contributed by atoms with Crippen molar-refractivity contribution < 1.29 is 18.5 Å². The number of carbonyl (C=O) groups is 2. The lowest BCUT2D eigenvalue weighted by Gasteiger charge is -2.36. The highest BCUT2D eigenvalue weighted by Crippen LogP contribution is 2.30. The zero-order valence-electron chi connectivity index (χ0n) is 20.1. The largest absolute Gasteiger partial charge is 0.342 e. The van der Waals surface area contributed by atoms with Crippen LogP contribution in [0.25, 0.3) is 17.5 Å². The van der Waals surface area contributed by atoms with Crippen LogP contribution in [0.4, 0.5) is 4.39 Å². The summed E-state index contributed by atoms with van der Waals surface area (Å²) in [5, 5.41) is 4.02. The summed E-state index contributed by atoms with van der Waals surface area (Å²) >= 11 is 0. The number of amides is 2. The minimum Gasteiger partial charge on any atom is -0.342 e. The number of rotatable bonds is 5. The summed E-state index contributed by atoms with van der Waals surface area (Å²) in [5.41, 5.74) is 1.55. The van der Waals surface area contributed by atoms with E-state index in [0.717, 1.165) is 18.4 Å². The van der Waals surface area contributed by atoms with Crippen molar-refractivity contribution in [2.24, 2.45) is 5.92 Å². The van der Waals surface area contributed by atoms with Crippen LogP contribution in [0.3, 0.4) is 0 Å². The molecule has 1 unspecified atom stereocenters. The number of nitrogens with zero attached hydrogens (tertiary/aromatic N) is 4. The Hall–Kier alpha value is -3.81. The standard InChI is InChI=1S/C28H29FN4O3/c29-24-10-4-8-22(18-24)26-30-27(36-31-26)23-9-5-15-33(19-23)28(35)21-13-16-32(17-14-21)25(34)12-11-20-6-2-1-3-7-20/h1-4,6-8,10-12,18,21,23H,5,9,13-17,19H2. The molecule has 0 spiro atoms. The second kappa shape index (κ2) is 10.8. The highest BCUT2D eigenvalue weighted by molar-refractivity contribution is 5.92. The SMILES string of the molecule is O=C(C=Cc1ccccc1)N1CCC(C(=O)N2CCCC(c3nc(-c4cccc(F)c4)no3)C2)CC1. The molecule has 5 rings (SSSR count). The van der Waals surface area contributed by atoms with Gasteiger partial charge in [-0.3, -0.25) is 9.59 Å². The van der Waals surface area contributed by atoms with E-state index in [-0.39, 0.29) is 29.5 Å². The first kappa shape index (κ1) is 23.9. The minimum atomic E-state index is -0.353. The second-order valence-corrected chi connectivity index (χ2v) is 9.43. The van der Waals surface area contributed by atoms with Gasteiger partial charge in [0.1, 0.15) is 5.82 Å². The number of benzene rings is 2. The van der Waals surface area contributed by atoms with Gasteiger partial charge in [-0.15, -0.1) is 0 Å². The van der Waals surface area contributed by atoms with Gasteiger partial charge in [0.15, 0.2) is 0 Å². The van der Waals surface area contributed by atoms with Crippen molar-refractivity contribution in [2.45, 2.75) is 31.6 Å². The third-order valence-electron chi connectivity index (χ3n) is 6.98. The number of likely N-dealkylation sites (tertiary alicyclic amines) is 2. The second-order valence-electron chi connectivity index (χ2n) is 9.43. The predicted octanol–water partition coefficient (Wildman–Crippen LogP) is 4.53. The smallest absolute Gasteiger partial charge is 0.246 e. The molecular formula is C28H29FN4O3. The van der Waals surface area contributed by atoms with E-state index >= 15 is 0 Å². The summed E-state index contributed by atoms with van der Waals surface area (Å²) in [5.74, 6) is 0.473. The fraction of sp³-hybridized carbons (Fsp3) is 0.357. The van der Waals surface area contributed by atoms with Gasteiger partial charge in [0.05, 0.1) is 5.92 Å². The van der Waals surface area contributed by atoms with Crippen LogP contribution in [0, 0.1) is 11.7 Å². The van der Waals surface area contributed by atoms with E-state index in [1.807, 2.05) is 46.2 Å². The molecule has 0 radical (unpaired) electrons. The Labute approximate surface area is 209 Å². The Morgan fingerprint density at radius 3 is 2.56 bits per heavy atom. The van der Waals surface area contributed by atoms with Crippen LogP contribution < -0.4 is 0 Å². The molecular weight excluding hydrogens is 459 g/mol. The first-order valence-electron chi connectivity index (χ1n) is 12.5. The Balaban J connectivity index is 1.15. The van der Waals surface area contributed by atoms with Crippen molar-refractivity contribution in [3.05, 3.63) is 77.9 Å². The van der Waals surface area contributed by atoms with Crippen molar-refractivity contribution >= 4 is 17.9 Å². The van der Waals surface area contributed by atoms with Crippen molar-refractivity contribution in [1.82, 2.24) is 19.9 Å². The molecule has 2 amide bonds. The minimum absolute atomic E-state index is 0.0201. The van der Waals surface area contributed by atoms with Crippen LogP contribution in [-0.4, -0.2) is 57.9 Å². The highest BCUT2D eigenvalue weighted by Gasteiger charge is 2.34. The van der Waals surface area contributed by atoms with Gasteiger partial charge in [-0.2, -0.15) is 4.98 Å². The Morgan fingerprint density at radius 1 is 0.972 bits per heavy atom. The monoisotopic (exact) mass is 488 g/mol. The molecule has 0 bridgehead atoms. The molecule has 2 aromatic carbocycles. The van der Waals surface area contributed by atoms with Gasteiger partial charge in [0, 0.05) is 43.7 Å². The van der Waals surface area contributed by atoms with E-state index in [9.17, 15) is 14.0 Å². The van der Waals surface area contributed by atoms with Gasteiger partial charge in [-0.05, 0) is 49.5 Å². The molecule has 36 heavy (non-hydrogen) atoms. The Bertz CT molecular complexity index is 1230. The molecule has 2 saturated heterocycles. The summed E-state index contributed by atoms with van der Waals surface area (Å²) in [7, 11) is 0. The molecule has 2 aliphatic rings. The molecule has 1 aromatic heterocycles. The lowest BCUT2D eigenvalue weighted by molar-refractivity contribution is -0.140. The van der Waals surface area contributed by atoms with E-state index in [2.05, 4.69) is 10.1 Å². The summed E-state index contributed by atoms with van der Waals surface area (Å²) in [6, 6.07) is 15.8. The van der Waals surface area contributed by atoms with E-state index < -0.39 is 0 Å². The number of piperidine rings is 2. The van der Waals surface area contributed by atoms with Crippen LogP contribution in [0.15, 0.2) is 65.2 Å². The first-order chi connectivity index (χ1) is 17.6. The molecule has 0 saturated carbocycles. The van der Waals surface area contributed by atoms with E-state index in [1.54, 1.807) is 18.2 Å². The molecule has 2 aliphatic heterocycles. The highest BCUT2D eigenvalue weighted by atomic mass is 19.1. The zero-order chi connectivity index (χ0) is 24.9. The molecule has 7 nitrogen and oxygen atoms in total. The van der Waals surface area contributed by atoms with E-state index in [1.165, 1.54) is 12.1 Å². The normalized spacial score (nSPS) is 19.1. The lowest BCUT2D eigenvalue weighted by Crippen LogP contribution is -2.46. The fourth-order valence-corrected chi connectivity index (χ4v) is 4.97. The maximum atomic E-state index is 13.6. The number of hydrogen-bond donors (Lipinski definition) is 0. The summed E-state index contributed by atoms with van der Waals surface area (Å²) in [6.07, 6.45) is 6.47. The average molecular weight is 489 g/mol. The number of carbonyl (C=O) groups excluding carboxylic acids is 2. The van der Waals surface area contributed by atoms with E-state index in [4.69, 9.17) is 4.52 Å². The van der Waals surface area contributed by atoms with Gasteiger partial charge >= 0.3 is 0 Å². The number of hydrogen-bond acceptors (Lipinski definition) is 5. The average Bonchev–Trinajstić information content (AvgIpc) is 3.43. The summed E-state index contributed by atoms with van der Waals surface area (Å²) in [6.45, 7) is 2.39. The van der Waals surface area contributed by atoms with Crippen molar-refractivity contribution in [3.8, 4) is 11.4 Å². The van der Waals surface area contributed by atoms with Crippen LogP contribution in [0.1, 0.15) is 43.1 Å². The van der Waals surface area contributed by atoms with Crippen LogP contribution in [0.5, 0.6) is 0 Å².